The Morgan fingerprint density at radius 2 is 1.74 bits per heavy atom. The van der Waals surface area contributed by atoms with E-state index in [1.165, 1.54) is 32.2 Å². The minimum Gasteiger partial charge on any atom is -0.495 e. The molecular formula is C16H18N2O4S. The molecule has 0 spiro atoms. The normalized spacial score (nSPS) is 10.9. The van der Waals surface area contributed by atoms with Crippen LogP contribution in [0.3, 0.4) is 0 Å². The monoisotopic (exact) mass is 334 g/mol. The molecule has 0 bridgehead atoms. The lowest BCUT2D eigenvalue weighted by atomic mass is 10.2. The van der Waals surface area contributed by atoms with Crippen molar-refractivity contribution >= 4 is 27.3 Å². The molecule has 1 amide bonds. The molecule has 2 aromatic carbocycles. The lowest BCUT2D eigenvalue weighted by molar-refractivity contribution is -0.114. The summed E-state index contributed by atoms with van der Waals surface area (Å²) in [5, 5.41) is 2.55. The Bertz CT molecular complexity index is 814. The van der Waals surface area contributed by atoms with E-state index < -0.39 is 10.0 Å². The van der Waals surface area contributed by atoms with Crippen LogP contribution in [-0.2, 0) is 14.8 Å². The molecule has 0 unspecified atom stereocenters. The molecule has 23 heavy (non-hydrogen) atoms. The van der Waals surface area contributed by atoms with Crippen LogP contribution in [0.15, 0.2) is 47.4 Å². The van der Waals surface area contributed by atoms with Crippen LogP contribution in [0.25, 0.3) is 0 Å². The Kier molecular flexibility index (Phi) is 4.90. The number of benzene rings is 2. The molecular weight excluding hydrogens is 316 g/mol. The molecule has 0 aliphatic rings. The number of sulfonamides is 1. The first-order valence-corrected chi connectivity index (χ1v) is 8.35. The SMILES string of the molecule is COc1ccc(S(=O)(=O)Nc2ccc(C)cc2)cc1NC(C)=O. The van der Waals surface area contributed by atoms with Crippen molar-refractivity contribution in [3.05, 3.63) is 48.0 Å². The molecule has 0 saturated carbocycles. The van der Waals surface area contributed by atoms with E-state index in [1.807, 2.05) is 19.1 Å². The van der Waals surface area contributed by atoms with Crippen LogP contribution in [0, 0.1) is 6.92 Å². The van der Waals surface area contributed by atoms with E-state index in [0.29, 0.717) is 17.1 Å². The van der Waals surface area contributed by atoms with Gasteiger partial charge in [-0.1, -0.05) is 17.7 Å². The van der Waals surface area contributed by atoms with Gasteiger partial charge in [0.15, 0.2) is 0 Å². The van der Waals surface area contributed by atoms with E-state index in [2.05, 4.69) is 10.0 Å². The number of hydrogen-bond acceptors (Lipinski definition) is 4. The first-order chi connectivity index (χ1) is 10.8. The van der Waals surface area contributed by atoms with E-state index in [-0.39, 0.29) is 10.8 Å². The van der Waals surface area contributed by atoms with Gasteiger partial charge in [-0.25, -0.2) is 8.42 Å². The molecule has 2 rings (SSSR count). The van der Waals surface area contributed by atoms with Gasteiger partial charge in [-0.3, -0.25) is 9.52 Å². The van der Waals surface area contributed by atoms with Crippen molar-refractivity contribution in [3.63, 3.8) is 0 Å². The lowest BCUT2D eigenvalue weighted by Crippen LogP contribution is -2.14. The largest absolute Gasteiger partial charge is 0.495 e. The number of anilines is 2. The summed E-state index contributed by atoms with van der Waals surface area (Å²) in [5.74, 6) is 0.0684. The molecule has 0 fully saturated rings. The molecule has 0 radical (unpaired) electrons. The van der Waals surface area contributed by atoms with Gasteiger partial charge in [0.25, 0.3) is 10.0 Å². The quantitative estimate of drug-likeness (QED) is 0.880. The van der Waals surface area contributed by atoms with Crippen molar-refractivity contribution in [2.45, 2.75) is 18.7 Å². The van der Waals surface area contributed by atoms with Gasteiger partial charge < -0.3 is 10.1 Å². The molecule has 0 aliphatic heterocycles. The van der Waals surface area contributed by atoms with Crippen molar-refractivity contribution < 1.29 is 17.9 Å². The zero-order valence-electron chi connectivity index (χ0n) is 13.1. The number of aryl methyl sites for hydroxylation is 1. The first-order valence-electron chi connectivity index (χ1n) is 6.87. The fraction of sp³-hybridized carbons (Fsp3) is 0.188. The van der Waals surface area contributed by atoms with Gasteiger partial charge in [-0.2, -0.15) is 0 Å². The Morgan fingerprint density at radius 1 is 1.09 bits per heavy atom. The van der Waals surface area contributed by atoms with Crippen molar-refractivity contribution in [2.75, 3.05) is 17.1 Å². The molecule has 0 atom stereocenters. The Hall–Kier alpha value is -2.54. The second-order valence-corrected chi connectivity index (χ2v) is 6.70. The third-order valence-electron chi connectivity index (χ3n) is 3.10. The van der Waals surface area contributed by atoms with Crippen LogP contribution < -0.4 is 14.8 Å². The summed E-state index contributed by atoms with van der Waals surface area (Å²) >= 11 is 0. The molecule has 0 aromatic heterocycles. The number of hydrogen-bond donors (Lipinski definition) is 2. The third-order valence-corrected chi connectivity index (χ3v) is 4.47. The summed E-state index contributed by atoms with van der Waals surface area (Å²) in [6, 6.07) is 11.3. The van der Waals surface area contributed by atoms with Gasteiger partial charge in [0.2, 0.25) is 5.91 Å². The highest BCUT2D eigenvalue weighted by Gasteiger charge is 2.17. The lowest BCUT2D eigenvalue weighted by Gasteiger charge is -2.12. The second-order valence-electron chi connectivity index (χ2n) is 5.01. The zero-order chi connectivity index (χ0) is 17.0. The predicted molar refractivity (Wildman–Crippen MR) is 89.3 cm³/mol. The van der Waals surface area contributed by atoms with Crippen LogP contribution in [0.1, 0.15) is 12.5 Å². The van der Waals surface area contributed by atoms with Crippen LogP contribution in [0.4, 0.5) is 11.4 Å². The average Bonchev–Trinajstić information content (AvgIpc) is 2.49. The fourth-order valence-electron chi connectivity index (χ4n) is 1.98. The highest BCUT2D eigenvalue weighted by Crippen LogP contribution is 2.28. The maximum atomic E-state index is 12.5. The molecule has 0 heterocycles. The van der Waals surface area contributed by atoms with Gasteiger partial charge in [0.1, 0.15) is 5.75 Å². The molecule has 0 saturated heterocycles. The summed E-state index contributed by atoms with van der Waals surface area (Å²) in [5.41, 5.74) is 1.80. The number of carbonyl (C=O) groups is 1. The van der Waals surface area contributed by atoms with Crippen molar-refractivity contribution in [2.24, 2.45) is 0 Å². The predicted octanol–water partition coefficient (Wildman–Crippen LogP) is 2.76. The summed E-state index contributed by atoms with van der Waals surface area (Å²) in [6.45, 7) is 3.26. The summed E-state index contributed by atoms with van der Waals surface area (Å²) in [6.07, 6.45) is 0. The second kappa shape index (κ2) is 6.70. The van der Waals surface area contributed by atoms with E-state index in [4.69, 9.17) is 4.74 Å². The number of carbonyl (C=O) groups excluding carboxylic acids is 1. The van der Waals surface area contributed by atoms with Gasteiger partial charge in [0, 0.05) is 12.6 Å². The third kappa shape index (κ3) is 4.23. The molecule has 2 aromatic rings. The van der Waals surface area contributed by atoms with Crippen LogP contribution in [0.5, 0.6) is 5.75 Å². The highest BCUT2D eigenvalue weighted by atomic mass is 32.2. The maximum absolute atomic E-state index is 12.5. The molecule has 122 valence electrons. The number of rotatable bonds is 5. The molecule has 0 aliphatic carbocycles. The van der Waals surface area contributed by atoms with Crippen LogP contribution >= 0.6 is 0 Å². The maximum Gasteiger partial charge on any atom is 0.261 e. The Labute approximate surface area is 135 Å². The van der Waals surface area contributed by atoms with Gasteiger partial charge in [0.05, 0.1) is 17.7 Å². The number of nitrogens with one attached hydrogen (secondary N) is 2. The number of methoxy groups -OCH3 is 1. The Balaban J connectivity index is 2.35. The van der Waals surface area contributed by atoms with Crippen LogP contribution in [-0.4, -0.2) is 21.4 Å². The fourth-order valence-corrected chi connectivity index (χ4v) is 3.06. The van der Waals surface area contributed by atoms with Gasteiger partial charge >= 0.3 is 0 Å². The van der Waals surface area contributed by atoms with Gasteiger partial charge in [-0.15, -0.1) is 0 Å². The van der Waals surface area contributed by atoms with E-state index in [9.17, 15) is 13.2 Å². The zero-order valence-corrected chi connectivity index (χ0v) is 13.9. The molecule has 2 N–H and O–H groups in total. The highest BCUT2D eigenvalue weighted by molar-refractivity contribution is 7.92. The van der Waals surface area contributed by atoms with Crippen molar-refractivity contribution in [3.8, 4) is 5.75 Å². The van der Waals surface area contributed by atoms with Crippen molar-refractivity contribution in [1.82, 2.24) is 0 Å². The Morgan fingerprint density at radius 3 is 2.30 bits per heavy atom. The summed E-state index contributed by atoms with van der Waals surface area (Å²) in [7, 11) is -2.32. The summed E-state index contributed by atoms with van der Waals surface area (Å²) in [4.78, 5) is 11.3. The molecule has 6 nitrogen and oxygen atoms in total. The van der Waals surface area contributed by atoms with Crippen LogP contribution in [0.2, 0.25) is 0 Å². The number of ether oxygens (including phenoxy) is 1. The van der Waals surface area contributed by atoms with E-state index >= 15 is 0 Å². The van der Waals surface area contributed by atoms with E-state index in [1.54, 1.807) is 12.1 Å². The standard InChI is InChI=1S/C16H18N2O4S/c1-11-4-6-13(7-5-11)18-23(20,21)14-8-9-16(22-3)15(10-14)17-12(2)19/h4-10,18H,1-3H3,(H,17,19). The van der Waals surface area contributed by atoms with Gasteiger partial charge in [-0.05, 0) is 37.3 Å². The topological polar surface area (TPSA) is 84.5 Å². The molecule has 7 heteroatoms. The minimum absolute atomic E-state index is 0.0302. The smallest absolute Gasteiger partial charge is 0.261 e. The summed E-state index contributed by atoms with van der Waals surface area (Å²) < 4.78 is 32.5. The minimum atomic E-state index is -3.77. The van der Waals surface area contributed by atoms with E-state index in [0.717, 1.165) is 5.56 Å². The van der Waals surface area contributed by atoms with Crippen molar-refractivity contribution in [1.29, 1.82) is 0 Å². The average molecular weight is 334 g/mol. The number of amides is 1. The first kappa shape index (κ1) is 16.8.